The average molecular weight is 173 g/mol. The molecule has 1 heterocycles. The molecule has 4 nitrogen and oxygen atoms in total. The molecule has 0 aliphatic rings. The number of hydrogen-bond donors (Lipinski definition) is 1. The van der Waals surface area contributed by atoms with E-state index >= 15 is 0 Å². The normalized spacial score (nSPS) is 11.1. The van der Waals surface area contributed by atoms with Gasteiger partial charge in [0.1, 0.15) is 0 Å². The zero-order chi connectivity index (χ0) is 9.10. The predicted molar refractivity (Wildman–Crippen MR) is 48.9 cm³/mol. The van der Waals surface area contributed by atoms with Gasteiger partial charge in [0.25, 0.3) is 0 Å². The number of hydrogen-bond acceptors (Lipinski definition) is 4. The van der Waals surface area contributed by atoms with Crippen molar-refractivity contribution in [3.63, 3.8) is 0 Å². The highest BCUT2D eigenvalue weighted by molar-refractivity contribution is 5.86. The van der Waals surface area contributed by atoms with Crippen molar-refractivity contribution in [1.29, 1.82) is 0 Å². The van der Waals surface area contributed by atoms with Gasteiger partial charge in [-0.05, 0) is 17.7 Å². The van der Waals surface area contributed by atoms with Crippen LogP contribution in [0.5, 0.6) is 0 Å². The van der Waals surface area contributed by atoms with Crippen LogP contribution in [0.4, 0.5) is 0 Å². The number of nitrogens with zero attached hydrogens (tertiary/aromatic N) is 3. The standard InChI is InChI=1S/C9H7N3O/c13-12-6-7-1-2-8-9(5-7)11-4-3-10-8/h1-6,13H. The highest BCUT2D eigenvalue weighted by Crippen LogP contribution is 2.08. The molecular formula is C9H7N3O. The van der Waals surface area contributed by atoms with Gasteiger partial charge in [0, 0.05) is 12.4 Å². The Bertz CT molecular complexity index is 453. The third-order valence-corrected chi connectivity index (χ3v) is 1.70. The summed E-state index contributed by atoms with van der Waals surface area (Å²) in [5.41, 5.74) is 2.42. The van der Waals surface area contributed by atoms with E-state index in [1.165, 1.54) is 6.21 Å². The van der Waals surface area contributed by atoms with Crippen LogP contribution in [0.1, 0.15) is 5.56 Å². The Morgan fingerprint density at radius 2 is 1.92 bits per heavy atom. The Morgan fingerprint density at radius 3 is 2.69 bits per heavy atom. The maximum absolute atomic E-state index is 8.33. The molecule has 0 amide bonds. The Balaban J connectivity index is 2.62. The van der Waals surface area contributed by atoms with Crippen molar-refractivity contribution in [3.05, 3.63) is 36.2 Å². The van der Waals surface area contributed by atoms with Crippen molar-refractivity contribution >= 4 is 17.2 Å². The van der Waals surface area contributed by atoms with Crippen LogP contribution in [-0.2, 0) is 0 Å². The summed E-state index contributed by atoms with van der Waals surface area (Å²) in [5, 5.41) is 11.3. The molecular weight excluding hydrogens is 166 g/mol. The molecule has 13 heavy (non-hydrogen) atoms. The van der Waals surface area contributed by atoms with Crippen LogP contribution in [0, 0.1) is 0 Å². The molecule has 64 valence electrons. The van der Waals surface area contributed by atoms with Gasteiger partial charge in [-0.15, -0.1) is 0 Å². The summed E-state index contributed by atoms with van der Waals surface area (Å²) in [5.74, 6) is 0. The van der Waals surface area contributed by atoms with E-state index < -0.39 is 0 Å². The summed E-state index contributed by atoms with van der Waals surface area (Å²) in [7, 11) is 0. The van der Waals surface area contributed by atoms with E-state index in [1.807, 2.05) is 18.2 Å². The fraction of sp³-hybridized carbons (Fsp3) is 0. The second kappa shape index (κ2) is 3.18. The summed E-state index contributed by atoms with van der Waals surface area (Å²) < 4.78 is 0. The molecule has 1 N–H and O–H groups in total. The highest BCUT2D eigenvalue weighted by atomic mass is 16.4. The lowest BCUT2D eigenvalue weighted by atomic mass is 10.2. The Kier molecular flexibility index (Phi) is 1.88. The third-order valence-electron chi connectivity index (χ3n) is 1.70. The summed E-state index contributed by atoms with van der Waals surface area (Å²) in [6, 6.07) is 5.46. The Morgan fingerprint density at radius 1 is 1.15 bits per heavy atom. The van der Waals surface area contributed by atoms with Crippen molar-refractivity contribution in [2.24, 2.45) is 5.16 Å². The minimum atomic E-state index is 0.792. The molecule has 2 aromatic rings. The second-order valence-electron chi connectivity index (χ2n) is 2.55. The van der Waals surface area contributed by atoms with E-state index in [9.17, 15) is 0 Å². The lowest BCUT2D eigenvalue weighted by Gasteiger charge is -1.95. The molecule has 1 aromatic carbocycles. The van der Waals surface area contributed by atoms with Crippen molar-refractivity contribution < 1.29 is 5.21 Å². The minimum Gasteiger partial charge on any atom is -0.411 e. The highest BCUT2D eigenvalue weighted by Gasteiger charge is 1.95. The quantitative estimate of drug-likeness (QED) is 0.403. The number of rotatable bonds is 1. The molecule has 2 rings (SSSR count). The van der Waals surface area contributed by atoms with E-state index in [0.717, 1.165) is 16.6 Å². The molecule has 0 bridgehead atoms. The molecule has 0 spiro atoms. The molecule has 0 saturated heterocycles. The third kappa shape index (κ3) is 1.46. The van der Waals surface area contributed by atoms with Crippen LogP contribution in [-0.4, -0.2) is 21.4 Å². The van der Waals surface area contributed by atoms with E-state index in [1.54, 1.807) is 12.4 Å². The summed E-state index contributed by atoms with van der Waals surface area (Å²) >= 11 is 0. The fourth-order valence-corrected chi connectivity index (χ4v) is 1.13. The predicted octanol–water partition coefficient (Wildman–Crippen LogP) is 1.44. The molecule has 0 unspecified atom stereocenters. The lowest BCUT2D eigenvalue weighted by molar-refractivity contribution is 0.322. The summed E-state index contributed by atoms with van der Waals surface area (Å²) in [4.78, 5) is 8.23. The zero-order valence-corrected chi connectivity index (χ0v) is 6.75. The monoisotopic (exact) mass is 173 g/mol. The van der Waals surface area contributed by atoms with Crippen molar-refractivity contribution in [2.45, 2.75) is 0 Å². The van der Waals surface area contributed by atoms with Gasteiger partial charge < -0.3 is 5.21 Å². The van der Waals surface area contributed by atoms with E-state index in [-0.39, 0.29) is 0 Å². The SMILES string of the molecule is ON=Cc1ccc2nccnc2c1. The van der Waals surface area contributed by atoms with Gasteiger partial charge >= 0.3 is 0 Å². The Labute approximate surface area is 74.6 Å². The van der Waals surface area contributed by atoms with Gasteiger partial charge in [-0.25, -0.2) is 0 Å². The van der Waals surface area contributed by atoms with Crippen LogP contribution in [0.3, 0.4) is 0 Å². The summed E-state index contributed by atoms with van der Waals surface area (Å²) in [6.07, 6.45) is 4.62. The zero-order valence-electron chi connectivity index (χ0n) is 6.75. The number of aromatic nitrogens is 2. The van der Waals surface area contributed by atoms with E-state index in [2.05, 4.69) is 15.1 Å². The van der Waals surface area contributed by atoms with Gasteiger partial charge in [0.05, 0.1) is 17.2 Å². The first kappa shape index (κ1) is 7.67. The number of oxime groups is 1. The smallest absolute Gasteiger partial charge is 0.0893 e. The maximum Gasteiger partial charge on any atom is 0.0893 e. The first-order valence-electron chi connectivity index (χ1n) is 3.78. The van der Waals surface area contributed by atoms with Gasteiger partial charge in [-0.3, -0.25) is 9.97 Å². The van der Waals surface area contributed by atoms with Gasteiger partial charge in [-0.2, -0.15) is 0 Å². The van der Waals surface area contributed by atoms with Gasteiger partial charge in [0.15, 0.2) is 0 Å². The molecule has 4 heteroatoms. The molecule has 0 fully saturated rings. The average Bonchev–Trinajstić information content (AvgIpc) is 2.18. The van der Waals surface area contributed by atoms with Gasteiger partial charge in [0.2, 0.25) is 0 Å². The van der Waals surface area contributed by atoms with Crippen LogP contribution >= 0.6 is 0 Å². The first-order valence-corrected chi connectivity index (χ1v) is 3.78. The van der Waals surface area contributed by atoms with E-state index in [4.69, 9.17) is 5.21 Å². The first-order chi connectivity index (χ1) is 6.40. The van der Waals surface area contributed by atoms with Crippen LogP contribution in [0.2, 0.25) is 0 Å². The molecule has 0 atom stereocenters. The largest absolute Gasteiger partial charge is 0.411 e. The molecule has 0 radical (unpaired) electrons. The second-order valence-corrected chi connectivity index (χ2v) is 2.55. The molecule has 0 aliphatic carbocycles. The van der Waals surface area contributed by atoms with Crippen LogP contribution in [0.25, 0.3) is 11.0 Å². The molecule has 1 aromatic heterocycles. The Hall–Kier alpha value is -1.97. The van der Waals surface area contributed by atoms with Gasteiger partial charge in [-0.1, -0.05) is 11.2 Å². The maximum atomic E-state index is 8.33. The molecule has 0 aliphatic heterocycles. The minimum absolute atomic E-state index is 0.792. The van der Waals surface area contributed by atoms with Crippen molar-refractivity contribution in [2.75, 3.05) is 0 Å². The van der Waals surface area contributed by atoms with Crippen LogP contribution in [0.15, 0.2) is 35.7 Å². The topological polar surface area (TPSA) is 58.4 Å². The van der Waals surface area contributed by atoms with Crippen molar-refractivity contribution in [3.8, 4) is 0 Å². The fourth-order valence-electron chi connectivity index (χ4n) is 1.13. The molecule has 0 saturated carbocycles. The van der Waals surface area contributed by atoms with Crippen molar-refractivity contribution in [1.82, 2.24) is 9.97 Å². The number of fused-ring (bicyclic) bond motifs is 1. The summed E-state index contributed by atoms with van der Waals surface area (Å²) in [6.45, 7) is 0. The lowest BCUT2D eigenvalue weighted by Crippen LogP contribution is -1.85. The number of benzene rings is 1. The van der Waals surface area contributed by atoms with E-state index in [0.29, 0.717) is 0 Å². The van der Waals surface area contributed by atoms with Crippen LogP contribution < -0.4 is 0 Å².